The first-order chi connectivity index (χ1) is 10.0. The average molecular weight is 292 g/mol. The first-order valence-electron chi connectivity index (χ1n) is 7.34. The Bertz CT molecular complexity index is 470. The Morgan fingerprint density at radius 2 is 2.00 bits per heavy atom. The highest BCUT2D eigenvalue weighted by atomic mass is 16.5. The van der Waals surface area contributed by atoms with Gasteiger partial charge in [0.1, 0.15) is 0 Å². The third kappa shape index (κ3) is 6.79. The zero-order valence-corrected chi connectivity index (χ0v) is 12.7. The maximum atomic E-state index is 11.6. The molecular formula is C16H24N2O3. The smallest absolute Gasteiger partial charge is 0.306 e. The molecule has 1 amide bonds. The van der Waals surface area contributed by atoms with E-state index in [-0.39, 0.29) is 30.9 Å². The molecule has 1 aromatic carbocycles. The van der Waals surface area contributed by atoms with Gasteiger partial charge in [-0.05, 0) is 37.0 Å². The molecule has 1 aromatic rings. The maximum absolute atomic E-state index is 11.6. The SMILES string of the molecule is CCC(CC)NC(=O)COC(=O)CCc1cccc(N)c1. The van der Waals surface area contributed by atoms with Gasteiger partial charge >= 0.3 is 5.97 Å². The number of nitrogen functional groups attached to an aromatic ring is 1. The van der Waals surface area contributed by atoms with E-state index in [9.17, 15) is 9.59 Å². The van der Waals surface area contributed by atoms with Crippen LogP contribution in [0.3, 0.4) is 0 Å². The van der Waals surface area contributed by atoms with Crippen molar-refractivity contribution in [1.29, 1.82) is 0 Å². The minimum absolute atomic E-state index is 0.142. The monoisotopic (exact) mass is 292 g/mol. The molecule has 0 unspecified atom stereocenters. The van der Waals surface area contributed by atoms with E-state index in [4.69, 9.17) is 10.5 Å². The standard InChI is InChI=1S/C16H24N2O3/c1-3-14(4-2)18-15(19)11-21-16(20)9-8-12-6-5-7-13(17)10-12/h5-7,10,14H,3-4,8-9,11,17H2,1-2H3,(H,18,19). The number of aryl methyl sites for hydroxylation is 1. The summed E-state index contributed by atoms with van der Waals surface area (Å²) in [5, 5.41) is 2.82. The van der Waals surface area contributed by atoms with E-state index in [0.717, 1.165) is 18.4 Å². The second-order valence-corrected chi connectivity index (χ2v) is 4.99. The third-order valence-electron chi connectivity index (χ3n) is 3.28. The van der Waals surface area contributed by atoms with Gasteiger partial charge < -0.3 is 15.8 Å². The lowest BCUT2D eigenvalue weighted by molar-refractivity contribution is -0.148. The molecule has 1 rings (SSSR count). The molecule has 0 saturated heterocycles. The van der Waals surface area contributed by atoms with Crippen molar-refractivity contribution in [2.45, 2.75) is 45.6 Å². The summed E-state index contributed by atoms with van der Waals surface area (Å²) in [7, 11) is 0. The van der Waals surface area contributed by atoms with Crippen molar-refractivity contribution in [1.82, 2.24) is 5.32 Å². The molecule has 0 spiro atoms. The summed E-state index contributed by atoms with van der Waals surface area (Å²) in [6.45, 7) is 3.80. The summed E-state index contributed by atoms with van der Waals surface area (Å²) in [4.78, 5) is 23.2. The second kappa shape index (κ2) is 9.00. The van der Waals surface area contributed by atoms with Crippen LogP contribution >= 0.6 is 0 Å². The van der Waals surface area contributed by atoms with Crippen LogP contribution in [-0.4, -0.2) is 24.5 Å². The molecule has 0 atom stereocenters. The van der Waals surface area contributed by atoms with Crippen LogP contribution in [0, 0.1) is 0 Å². The number of nitrogens with two attached hydrogens (primary N) is 1. The Hall–Kier alpha value is -2.04. The first kappa shape index (κ1) is 17.0. The van der Waals surface area contributed by atoms with Gasteiger partial charge in [0.25, 0.3) is 5.91 Å². The lowest BCUT2D eigenvalue weighted by Crippen LogP contribution is -2.36. The fraction of sp³-hybridized carbons (Fsp3) is 0.500. The summed E-state index contributed by atoms with van der Waals surface area (Å²) in [6, 6.07) is 7.52. The molecule has 21 heavy (non-hydrogen) atoms. The molecule has 0 bridgehead atoms. The number of ether oxygens (including phenoxy) is 1. The topological polar surface area (TPSA) is 81.4 Å². The Labute approximate surface area is 125 Å². The predicted octanol–water partition coefficient (Wildman–Crippen LogP) is 2.05. The molecule has 0 aliphatic carbocycles. The first-order valence-corrected chi connectivity index (χ1v) is 7.34. The highest BCUT2D eigenvalue weighted by Gasteiger charge is 2.11. The third-order valence-corrected chi connectivity index (χ3v) is 3.28. The maximum Gasteiger partial charge on any atom is 0.306 e. The van der Waals surface area contributed by atoms with E-state index in [1.165, 1.54) is 0 Å². The van der Waals surface area contributed by atoms with Crippen LogP contribution in [0.2, 0.25) is 0 Å². The zero-order chi connectivity index (χ0) is 15.7. The number of rotatable bonds is 8. The molecule has 0 aliphatic heterocycles. The Kier molecular flexibility index (Phi) is 7.29. The lowest BCUT2D eigenvalue weighted by atomic mass is 10.1. The van der Waals surface area contributed by atoms with Crippen LogP contribution < -0.4 is 11.1 Å². The summed E-state index contributed by atoms with van der Waals surface area (Å²) in [5.41, 5.74) is 7.32. The number of esters is 1. The van der Waals surface area contributed by atoms with Crippen LogP contribution in [0.25, 0.3) is 0 Å². The van der Waals surface area contributed by atoms with Crippen molar-refractivity contribution in [2.24, 2.45) is 0 Å². The predicted molar refractivity (Wildman–Crippen MR) is 82.6 cm³/mol. The molecular weight excluding hydrogens is 268 g/mol. The van der Waals surface area contributed by atoms with Crippen molar-refractivity contribution < 1.29 is 14.3 Å². The molecule has 116 valence electrons. The van der Waals surface area contributed by atoms with Crippen LogP contribution in [0.15, 0.2) is 24.3 Å². The summed E-state index contributed by atoms with van der Waals surface area (Å²) in [6.07, 6.45) is 2.52. The molecule has 0 aromatic heterocycles. The molecule has 0 aliphatic rings. The number of carbonyl (C=O) groups excluding carboxylic acids is 2. The van der Waals surface area contributed by atoms with Crippen LogP contribution in [0.4, 0.5) is 5.69 Å². The van der Waals surface area contributed by atoms with Gasteiger partial charge in [-0.15, -0.1) is 0 Å². The van der Waals surface area contributed by atoms with Gasteiger partial charge in [-0.1, -0.05) is 26.0 Å². The van der Waals surface area contributed by atoms with E-state index in [1.807, 2.05) is 32.0 Å². The fourth-order valence-corrected chi connectivity index (χ4v) is 1.98. The van der Waals surface area contributed by atoms with Gasteiger partial charge in [-0.3, -0.25) is 9.59 Å². The molecule has 0 radical (unpaired) electrons. The van der Waals surface area contributed by atoms with E-state index < -0.39 is 0 Å². The number of carbonyl (C=O) groups is 2. The summed E-state index contributed by atoms with van der Waals surface area (Å²) >= 11 is 0. The molecule has 5 heteroatoms. The minimum Gasteiger partial charge on any atom is -0.456 e. The fourth-order valence-electron chi connectivity index (χ4n) is 1.98. The summed E-state index contributed by atoms with van der Waals surface area (Å²) in [5.74, 6) is -0.627. The Balaban J connectivity index is 2.26. The quantitative estimate of drug-likeness (QED) is 0.567. The average Bonchev–Trinajstić information content (AvgIpc) is 2.48. The van der Waals surface area contributed by atoms with Crippen LogP contribution in [0.5, 0.6) is 0 Å². The van der Waals surface area contributed by atoms with Crippen molar-refractivity contribution in [2.75, 3.05) is 12.3 Å². The number of benzene rings is 1. The van der Waals surface area contributed by atoms with Crippen molar-refractivity contribution in [3.05, 3.63) is 29.8 Å². The molecule has 5 nitrogen and oxygen atoms in total. The van der Waals surface area contributed by atoms with E-state index in [1.54, 1.807) is 6.07 Å². The number of hydrogen-bond donors (Lipinski definition) is 2. The van der Waals surface area contributed by atoms with E-state index in [0.29, 0.717) is 12.1 Å². The second-order valence-electron chi connectivity index (χ2n) is 4.99. The van der Waals surface area contributed by atoms with E-state index in [2.05, 4.69) is 5.32 Å². The number of amides is 1. The van der Waals surface area contributed by atoms with Gasteiger partial charge in [0.2, 0.25) is 0 Å². The molecule has 0 heterocycles. The van der Waals surface area contributed by atoms with Crippen molar-refractivity contribution in [3.8, 4) is 0 Å². The highest BCUT2D eigenvalue weighted by Crippen LogP contribution is 2.09. The molecule has 3 N–H and O–H groups in total. The van der Waals surface area contributed by atoms with Crippen LogP contribution in [0.1, 0.15) is 38.7 Å². The number of nitrogens with one attached hydrogen (secondary N) is 1. The number of anilines is 1. The normalized spacial score (nSPS) is 10.4. The van der Waals surface area contributed by atoms with Gasteiger partial charge in [0.15, 0.2) is 6.61 Å². The van der Waals surface area contributed by atoms with Gasteiger partial charge in [-0.2, -0.15) is 0 Å². The Morgan fingerprint density at radius 1 is 1.29 bits per heavy atom. The molecule has 0 fully saturated rings. The minimum atomic E-state index is -0.378. The lowest BCUT2D eigenvalue weighted by Gasteiger charge is -2.14. The zero-order valence-electron chi connectivity index (χ0n) is 12.7. The highest BCUT2D eigenvalue weighted by molar-refractivity contribution is 5.80. The van der Waals surface area contributed by atoms with Crippen LogP contribution in [-0.2, 0) is 20.7 Å². The van der Waals surface area contributed by atoms with Gasteiger partial charge in [0, 0.05) is 18.2 Å². The van der Waals surface area contributed by atoms with Crippen molar-refractivity contribution in [3.63, 3.8) is 0 Å². The largest absolute Gasteiger partial charge is 0.456 e. The number of hydrogen-bond acceptors (Lipinski definition) is 4. The summed E-state index contributed by atoms with van der Waals surface area (Å²) < 4.78 is 4.96. The molecule has 0 saturated carbocycles. The van der Waals surface area contributed by atoms with Gasteiger partial charge in [-0.25, -0.2) is 0 Å². The van der Waals surface area contributed by atoms with Gasteiger partial charge in [0.05, 0.1) is 0 Å². The Morgan fingerprint density at radius 3 is 2.62 bits per heavy atom. The van der Waals surface area contributed by atoms with Crippen molar-refractivity contribution >= 4 is 17.6 Å². The van der Waals surface area contributed by atoms with E-state index >= 15 is 0 Å².